The minimum Gasteiger partial charge on any atom is -0.481 e. The first-order valence-electron chi connectivity index (χ1n) is 11.2. The van der Waals surface area contributed by atoms with Gasteiger partial charge < -0.3 is 36.6 Å². The van der Waals surface area contributed by atoms with Crippen LogP contribution in [0.25, 0.3) is 0 Å². The first-order chi connectivity index (χ1) is 14.6. The van der Waals surface area contributed by atoms with Gasteiger partial charge in [-0.3, -0.25) is 19.8 Å². The number of carboxylic acids is 1. The molecule has 2 bridgehead atoms. The molecule has 0 radical (unpaired) electrons. The van der Waals surface area contributed by atoms with Crippen molar-refractivity contribution in [2.75, 3.05) is 86.6 Å². The number of carboxylic acid groups (broad SMARTS) is 1. The van der Waals surface area contributed by atoms with Crippen LogP contribution in [0.2, 0.25) is 0 Å². The van der Waals surface area contributed by atoms with E-state index in [1.54, 1.807) is 0 Å². The fourth-order valence-electron chi connectivity index (χ4n) is 4.28. The number of likely N-dealkylation sites (N-methyl/N-ethyl adjacent to an activating group) is 3. The Morgan fingerprint density at radius 1 is 0.968 bits per heavy atom. The Balaban J connectivity index is 2.25. The summed E-state index contributed by atoms with van der Waals surface area (Å²) in [5.41, 5.74) is 5.54. The molecule has 7 N–H and O–H groups in total. The summed E-state index contributed by atoms with van der Waals surface area (Å²) in [7, 11) is 6.18. The molecular weight excluding hydrogens is 400 g/mol. The van der Waals surface area contributed by atoms with Crippen molar-refractivity contribution < 1.29 is 14.7 Å². The van der Waals surface area contributed by atoms with Crippen LogP contribution in [-0.2, 0) is 9.59 Å². The highest BCUT2D eigenvalue weighted by Crippen LogP contribution is 2.14. The molecule has 2 heterocycles. The largest absolute Gasteiger partial charge is 0.481 e. The number of carbonyl (C=O) groups excluding carboxylic acids is 1. The molecule has 2 aliphatic heterocycles. The first kappa shape index (κ1) is 25.9. The average molecular weight is 443 g/mol. The molecule has 0 saturated carbocycles. The third-order valence-electron chi connectivity index (χ3n) is 6.10. The average Bonchev–Trinajstić information content (AvgIpc) is 2.67. The van der Waals surface area contributed by atoms with Gasteiger partial charge in [0.15, 0.2) is 0 Å². The summed E-state index contributed by atoms with van der Waals surface area (Å²) >= 11 is 0. The predicted molar refractivity (Wildman–Crippen MR) is 121 cm³/mol. The van der Waals surface area contributed by atoms with E-state index in [-0.39, 0.29) is 18.7 Å². The molecule has 2 fully saturated rings. The van der Waals surface area contributed by atoms with Crippen LogP contribution in [0.4, 0.5) is 0 Å². The number of nitrogens with two attached hydrogens (primary N) is 1. The van der Waals surface area contributed by atoms with Crippen molar-refractivity contribution in [3.05, 3.63) is 0 Å². The molecule has 2 rings (SSSR count). The quantitative estimate of drug-likeness (QED) is 0.267. The zero-order chi connectivity index (χ0) is 22.9. The van der Waals surface area contributed by atoms with Crippen LogP contribution in [0.3, 0.4) is 0 Å². The summed E-state index contributed by atoms with van der Waals surface area (Å²) in [6.07, 6.45) is 0.519. The summed E-state index contributed by atoms with van der Waals surface area (Å²) in [5, 5.41) is 22.6. The second-order valence-electron chi connectivity index (χ2n) is 9.16. The molecule has 11 nitrogen and oxygen atoms in total. The standard InChI is InChI=1S/C20H42N8O3/c1-26-11-12-27(2)16-20(25-17(29)5-4-6-18(30)31)14-23-8-7-22-13-19(21,15-26)24-9-10-28(20)3/h22-24H,4-16,21H2,1-3H3,(H,25,29)(H,30,31)/t19-,20+/m1/s1. The van der Waals surface area contributed by atoms with Crippen LogP contribution < -0.4 is 27.0 Å². The molecule has 180 valence electrons. The minimum atomic E-state index is -0.880. The molecule has 0 aliphatic carbocycles. The maximum Gasteiger partial charge on any atom is 0.303 e. The van der Waals surface area contributed by atoms with Crippen molar-refractivity contribution in [1.29, 1.82) is 0 Å². The molecule has 2 saturated heterocycles. The second-order valence-corrected chi connectivity index (χ2v) is 9.16. The highest BCUT2D eigenvalue weighted by molar-refractivity contribution is 5.77. The third-order valence-corrected chi connectivity index (χ3v) is 6.10. The number of nitrogens with zero attached hydrogens (tertiary/aromatic N) is 3. The molecular formula is C20H42N8O3. The normalized spacial score (nSPS) is 30.8. The zero-order valence-electron chi connectivity index (χ0n) is 19.4. The lowest BCUT2D eigenvalue weighted by Gasteiger charge is -2.47. The number of hydrogen-bond donors (Lipinski definition) is 6. The molecule has 0 aromatic rings. The monoisotopic (exact) mass is 442 g/mol. The maximum atomic E-state index is 12.8. The lowest BCUT2D eigenvalue weighted by molar-refractivity contribution is -0.137. The second kappa shape index (κ2) is 12.0. The van der Waals surface area contributed by atoms with E-state index in [1.165, 1.54) is 0 Å². The van der Waals surface area contributed by atoms with Gasteiger partial charge in [0.1, 0.15) is 5.66 Å². The van der Waals surface area contributed by atoms with Crippen LogP contribution in [-0.4, -0.2) is 130 Å². The van der Waals surface area contributed by atoms with Crippen LogP contribution in [0.1, 0.15) is 19.3 Å². The molecule has 2 aliphatic rings. The SMILES string of the molecule is CN1CCN(C)C[C@]2(NC(=O)CCCC(=O)O)CNCCNC[C@](N)(C1)NCCN2C. The van der Waals surface area contributed by atoms with E-state index in [4.69, 9.17) is 10.8 Å². The predicted octanol–water partition coefficient (Wildman–Crippen LogP) is -2.70. The van der Waals surface area contributed by atoms with Crippen molar-refractivity contribution in [1.82, 2.24) is 36.0 Å². The van der Waals surface area contributed by atoms with Crippen LogP contribution in [0.15, 0.2) is 0 Å². The van der Waals surface area contributed by atoms with Crippen molar-refractivity contribution in [2.24, 2.45) is 5.73 Å². The van der Waals surface area contributed by atoms with Gasteiger partial charge in [0.2, 0.25) is 5.91 Å². The number of carbonyl (C=O) groups is 2. The van der Waals surface area contributed by atoms with E-state index in [0.29, 0.717) is 39.1 Å². The fraction of sp³-hybridized carbons (Fsp3) is 0.900. The molecule has 2 atom stereocenters. The number of fused-ring (bicyclic) bond motifs is 5. The molecule has 0 aromatic carbocycles. The fourth-order valence-corrected chi connectivity index (χ4v) is 4.28. The van der Waals surface area contributed by atoms with Gasteiger partial charge in [0.05, 0.1) is 5.66 Å². The highest BCUT2D eigenvalue weighted by Gasteiger charge is 2.38. The van der Waals surface area contributed by atoms with Gasteiger partial charge in [0, 0.05) is 78.3 Å². The Bertz CT molecular complexity index is 595. The van der Waals surface area contributed by atoms with Crippen LogP contribution in [0, 0.1) is 0 Å². The van der Waals surface area contributed by atoms with Gasteiger partial charge in [0.25, 0.3) is 0 Å². The van der Waals surface area contributed by atoms with Crippen molar-refractivity contribution in [2.45, 2.75) is 30.6 Å². The Morgan fingerprint density at radius 3 is 2.29 bits per heavy atom. The molecule has 0 aromatic heterocycles. The van der Waals surface area contributed by atoms with E-state index in [2.05, 4.69) is 50.1 Å². The first-order valence-corrected chi connectivity index (χ1v) is 11.2. The minimum absolute atomic E-state index is 0.00504. The zero-order valence-corrected chi connectivity index (χ0v) is 19.4. The highest BCUT2D eigenvalue weighted by atomic mass is 16.4. The molecule has 0 spiro atoms. The molecule has 31 heavy (non-hydrogen) atoms. The van der Waals surface area contributed by atoms with Gasteiger partial charge in [-0.25, -0.2) is 0 Å². The van der Waals surface area contributed by atoms with Gasteiger partial charge >= 0.3 is 5.97 Å². The van der Waals surface area contributed by atoms with Crippen molar-refractivity contribution in [3.8, 4) is 0 Å². The number of rotatable bonds is 5. The summed E-state index contributed by atoms with van der Waals surface area (Å²) in [4.78, 5) is 30.3. The van der Waals surface area contributed by atoms with Gasteiger partial charge in [-0.15, -0.1) is 0 Å². The molecule has 1 amide bonds. The smallest absolute Gasteiger partial charge is 0.303 e. The Morgan fingerprint density at radius 2 is 1.61 bits per heavy atom. The van der Waals surface area contributed by atoms with E-state index in [0.717, 1.165) is 32.7 Å². The maximum absolute atomic E-state index is 12.8. The summed E-state index contributed by atoms with van der Waals surface area (Å²) in [6, 6.07) is 0. The van der Waals surface area contributed by atoms with Gasteiger partial charge in [-0.2, -0.15) is 0 Å². The van der Waals surface area contributed by atoms with Crippen LogP contribution >= 0.6 is 0 Å². The van der Waals surface area contributed by atoms with Crippen LogP contribution in [0.5, 0.6) is 0 Å². The Kier molecular flexibility index (Phi) is 10.1. The summed E-state index contributed by atoms with van der Waals surface area (Å²) in [6.45, 7) is 7.24. The topological polar surface area (TPSA) is 138 Å². The van der Waals surface area contributed by atoms with Gasteiger partial charge in [-0.1, -0.05) is 0 Å². The number of nitrogens with one attached hydrogen (secondary N) is 4. The van der Waals surface area contributed by atoms with E-state index in [1.807, 2.05) is 7.05 Å². The Labute approximate surface area is 186 Å². The lowest BCUT2D eigenvalue weighted by atomic mass is 10.0. The number of hydrogen-bond acceptors (Lipinski definition) is 9. The summed E-state index contributed by atoms with van der Waals surface area (Å²) < 4.78 is 0. The van der Waals surface area contributed by atoms with Crippen molar-refractivity contribution in [3.63, 3.8) is 0 Å². The third kappa shape index (κ3) is 8.60. The van der Waals surface area contributed by atoms with Gasteiger partial charge in [-0.05, 0) is 27.6 Å². The lowest BCUT2D eigenvalue weighted by Crippen LogP contribution is -2.72. The van der Waals surface area contributed by atoms with Crippen molar-refractivity contribution >= 4 is 11.9 Å². The van der Waals surface area contributed by atoms with E-state index in [9.17, 15) is 9.59 Å². The Hall–Kier alpha value is -1.34. The molecule has 0 unspecified atom stereocenters. The van der Waals surface area contributed by atoms with E-state index >= 15 is 0 Å². The number of aliphatic carboxylic acids is 1. The number of amides is 1. The van der Waals surface area contributed by atoms with E-state index < -0.39 is 17.3 Å². The summed E-state index contributed by atoms with van der Waals surface area (Å²) in [5.74, 6) is -1.01. The molecule has 11 heteroatoms.